The Hall–Kier alpha value is -1.05. The van der Waals surface area contributed by atoms with E-state index in [-0.39, 0.29) is 0 Å². The van der Waals surface area contributed by atoms with Crippen LogP contribution in [0.1, 0.15) is 43.4 Å². The molecule has 0 fully saturated rings. The highest BCUT2D eigenvalue weighted by Crippen LogP contribution is 2.38. The maximum Gasteiger partial charge on any atom is 0.0487 e. The number of halogens is 1. The average Bonchev–Trinajstić information content (AvgIpc) is 2.46. The highest BCUT2D eigenvalue weighted by atomic mass is 35.5. The van der Waals surface area contributed by atoms with Gasteiger partial charge >= 0.3 is 0 Å². The molecule has 2 aromatic carbocycles. The lowest BCUT2D eigenvalue weighted by atomic mass is 9.84. The SMILES string of the molecule is CCCNC1CCCc2c1cc(Cl)c1ccccc21. The van der Waals surface area contributed by atoms with Crippen molar-refractivity contribution in [3.8, 4) is 0 Å². The van der Waals surface area contributed by atoms with Crippen LogP contribution in [-0.4, -0.2) is 6.54 Å². The maximum atomic E-state index is 6.47. The molecule has 0 aliphatic heterocycles. The normalized spacial score (nSPS) is 18.5. The molecule has 19 heavy (non-hydrogen) atoms. The molecule has 1 atom stereocenters. The van der Waals surface area contributed by atoms with Gasteiger partial charge in [-0.1, -0.05) is 42.8 Å². The number of rotatable bonds is 3. The Bertz CT molecular complexity index is 591. The minimum absolute atomic E-state index is 0.478. The summed E-state index contributed by atoms with van der Waals surface area (Å²) in [6.45, 7) is 3.29. The number of aryl methyl sites for hydroxylation is 1. The first-order chi connectivity index (χ1) is 9.31. The van der Waals surface area contributed by atoms with Crippen molar-refractivity contribution in [2.24, 2.45) is 0 Å². The summed E-state index contributed by atoms with van der Waals surface area (Å²) in [5.74, 6) is 0. The van der Waals surface area contributed by atoms with E-state index in [2.05, 4.69) is 42.6 Å². The molecule has 1 unspecified atom stereocenters. The topological polar surface area (TPSA) is 12.0 Å². The van der Waals surface area contributed by atoms with Gasteiger partial charge in [-0.15, -0.1) is 0 Å². The first kappa shape index (κ1) is 13.0. The molecule has 0 bridgehead atoms. The molecule has 100 valence electrons. The highest BCUT2D eigenvalue weighted by molar-refractivity contribution is 6.35. The van der Waals surface area contributed by atoms with Crippen LogP contribution in [0.15, 0.2) is 30.3 Å². The van der Waals surface area contributed by atoms with Crippen molar-refractivity contribution in [1.29, 1.82) is 0 Å². The highest BCUT2D eigenvalue weighted by Gasteiger charge is 2.22. The Morgan fingerprint density at radius 3 is 2.84 bits per heavy atom. The Kier molecular flexibility index (Phi) is 3.76. The molecule has 1 aliphatic rings. The van der Waals surface area contributed by atoms with Crippen LogP contribution < -0.4 is 5.32 Å². The van der Waals surface area contributed by atoms with E-state index < -0.39 is 0 Å². The van der Waals surface area contributed by atoms with Gasteiger partial charge in [0.1, 0.15) is 0 Å². The van der Waals surface area contributed by atoms with Crippen molar-refractivity contribution < 1.29 is 0 Å². The van der Waals surface area contributed by atoms with E-state index in [0.29, 0.717) is 6.04 Å². The maximum absolute atomic E-state index is 6.47. The van der Waals surface area contributed by atoms with Crippen molar-refractivity contribution in [2.75, 3.05) is 6.54 Å². The molecule has 1 aliphatic carbocycles. The fourth-order valence-corrected chi connectivity index (χ4v) is 3.45. The standard InChI is InChI=1S/C17H20ClN/c1-2-10-19-17-9-5-8-13-12-6-3-4-7-14(12)16(18)11-15(13)17/h3-4,6-7,11,17,19H,2,5,8-10H2,1H3. The average molecular weight is 274 g/mol. The largest absolute Gasteiger partial charge is 0.310 e. The van der Waals surface area contributed by atoms with Crippen LogP contribution >= 0.6 is 11.6 Å². The van der Waals surface area contributed by atoms with Crippen LogP contribution in [0.3, 0.4) is 0 Å². The number of nitrogens with one attached hydrogen (secondary N) is 1. The zero-order valence-electron chi connectivity index (χ0n) is 11.4. The smallest absolute Gasteiger partial charge is 0.0487 e. The van der Waals surface area contributed by atoms with Crippen LogP contribution in [0.25, 0.3) is 10.8 Å². The van der Waals surface area contributed by atoms with Crippen LogP contribution in [0.4, 0.5) is 0 Å². The fraction of sp³-hybridized carbons (Fsp3) is 0.412. The lowest BCUT2D eigenvalue weighted by Crippen LogP contribution is -2.26. The van der Waals surface area contributed by atoms with Gasteiger partial charge in [0.2, 0.25) is 0 Å². The van der Waals surface area contributed by atoms with E-state index in [1.807, 2.05) is 0 Å². The molecule has 0 aromatic heterocycles. The number of hydrogen-bond donors (Lipinski definition) is 1. The molecule has 2 heteroatoms. The van der Waals surface area contributed by atoms with Gasteiger partial charge in [0.05, 0.1) is 0 Å². The summed E-state index contributed by atoms with van der Waals surface area (Å²) in [4.78, 5) is 0. The van der Waals surface area contributed by atoms with Crippen molar-refractivity contribution >= 4 is 22.4 Å². The van der Waals surface area contributed by atoms with Gasteiger partial charge in [-0.05, 0) is 54.8 Å². The summed E-state index contributed by atoms with van der Waals surface area (Å²) in [5, 5.41) is 7.08. The predicted octanol–water partition coefficient (Wildman–Crippen LogP) is 4.87. The molecule has 0 spiro atoms. The zero-order chi connectivity index (χ0) is 13.2. The third-order valence-corrected chi connectivity index (χ3v) is 4.39. The summed E-state index contributed by atoms with van der Waals surface area (Å²) in [6.07, 6.45) is 4.84. The van der Waals surface area contributed by atoms with Gasteiger partial charge in [-0.3, -0.25) is 0 Å². The summed E-state index contributed by atoms with van der Waals surface area (Å²) >= 11 is 6.47. The van der Waals surface area contributed by atoms with Crippen molar-refractivity contribution in [3.05, 3.63) is 46.5 Å². The molecule has 1 nitrogen and oxygen atoms in total. The second-order valence-corrected chi connectivity index (χ2v) is 5.78. The van der Waals surface area contributed by atoms with Crippen LogP contribution in [-0.2, 0) is 6.42 Å². The molecular formula is C17H20ClN. The van der Waals surface area contributed by atoms with Gasteiger partial charge in [0, 0.05) is 16.5 Å². The van der Waals surface area contributed by atoms with Crippen molar-refractivity contribution in [1.82, 2.24) is 5.32 Å². The van der Waals surface area contributed by atoms with E-state index in [1.54, 1.807) is 0 Å². The zero-order valence-corrected chi connectivity index (χ0v) is 12.1. The quantitative estimate of drug-likeness (QED) is 0.841. The second-order valence-electron chi connectivity index (χ2n) is 5.37. The first-order valence-electron chi connectivity index (χ1n) is 7.24. The summed E-state index contributed by atoms with van der Waals surface area (Å²) in [5.41, 5.74) is 2.92. The van der Waals surface area contributed by atoms with E-state index in [9.17, 15) is 0 Å². The summed E-state index contributed by atoms with van der Waals surface area (Å²) in [7, 11) is 0. The predicted molar refractivity (Wildman–Crippen MR) is 82.9 cm³/mol. The van der Waals surface area contributed by atoms with Crippen molar-refractivity contribution in [2.45, 2.75) is 38.6 Å². The summed E-state index contributed by atoms with van der Waals surface area (Å²) < 4.78 is 0. The molecule has 0 saturated heterocycles. The Balaban J connectivity index is 2.12. The van der Waals surface area contributed by atoms with Crippen LogP contribution in [0.2, 0.25) is 5.02 Å². The van der Waals surface area contributed by atoms with Crippen molar-refractivity contribution in [3.63, 3.8) is 0 Å². The molecule has 0 saturated carbocycles. The van der Waals surface area contributed by atoms with E-state index in [0.717, 1.165) is 11.6 Å². The Labute approximate surface area is 120 Å². The number of fused-ring (bicyclic) bond motifs is 3. The second kappa shape index (κ2) is 5.52. The van der Waals surface area contributed by atoms with Gasteiger partial charge in [0.25, 0.3) is 0 Å². The molecule has 2 aromatic rings. The first-order valence-corrected chi connectivity index (χ1v) is 7.62. The van der Waals surface area contributed by atoms with Gasteiger partial charge < -0.3 is 5.32 Å². The monoisotopic (exact) mass is 273 g/mol. The lowest BCUT2D eigenvalue weighted by molar-refractivity contribution is 0.462. The van der Waals surface area contributed by atoms with Crippen LogP contribution in [0.5, 0.6) is 0 Å². The molecule has 0 amide bonds. The van der Waals surface area contributed by atoms with E-state index in [1.165, 1.54) is 47.6 Å². The number of benzene rings is 2. The van der Waals surface area contributed by atoms with Gasteiger partial charge in [-0.2, -0.15) is 0 Å². The van der Waals surface area contributed by atoms with E-state index in [4.69, 9.17) is 11.6 Å². The third kappa shape index (κ3) is 2.37. The Morgan fingerprint density at radius 2 is 2.05 bits per heavy atom. The number of hydrogen-bond acceptors (Lipinski definition) is 1. The van der Waals surface area contributed by atoms with Gasteiger partial charge in [0.15, 0.2) is 0 Å². The molecular weight excluding hydrogens is 254 g/mol. The molecule has 3 rings (SSSR count). The van der Waals surface area contributed by atoms with E-state index >= 15 is 0 Å². The molecule has 1 N–H and O–H groups in total. The third-order valence-electron chi connectivity index (χ3n) is 4.08. The van der Waals surface area contributed by atoms with Gasteiger partial charge in [-0.25, -0.2) is 0 Å². The minimum Gasteiger partial charge on any atom is -0.310 e. The van der Waals surface area contributed by atoms with Crippen LogP contribution in [0, 0.1) is 0 Å². The summed E-state index contributed by atoms with van der Waals surface area (Å²) in [6, 6.07) is 11.2. The molecule has 0 heterocycles. The lowest BCUT2D eigenvalue weighted by Gasteiger charge is -2.28. The fourth-order valence-electron chi connectivity index (χ4n) is 3.17. The minimum atomic E-state index is 0.478. The molecule has 0 radical (unpaired) electrons. The Morgan fingerprint density at radius 1 is 1.26 bits per heavy atom.